The molecule has 32 heavy (non-hydrogen) atoms. The molecule has 0 spiro atoms. The maximum Gasteiger partial charge on any atom is 0.274 e. The fraction of sp³-hybridized carbons (Fsp3) is 0.238. The van der Waals surface area contributed by atoms with Crippen LogP contribution in [0.3, 0.4) is 0 Å². The summed E-state index contributed by atoms with van der Waals surface area (Å²) < 4.78 is 28.3. The van der Waals surface area contributed by atoms with Crippen molar-refractivity contribution in [2.75, 3.05) is 26.1 Å². The quantitative estimate of drug-likeness (QED) is 0.644. The van der Waals surface area contributed by atoms with Gasteiger partial charge in [0.1, 0.15) is 28.5 Å². The van der Waals surface area contributed by atoms with Gasteiger partial charge in [0.25, 0.3) is 5.91 Å². The predicted octanol–water partition coefficient (Wildman–Crippen LogP) is 3.12. The predicted molar refractivity (Wildman–Crippen MR) is 120 cm³/mol. The first-order chi connectivity index (χ1) is 15.1. The number of aliphatic imine (C=N–C) groups is 1. The Bertz CT molecular complexity index is 1190. The van der Waals surface area contributed by atoms with Crippen LogP contribution in [0.5, 0.6) is 0 Å². The molecule has 2 aromatic rings. The number of pyridine rings is 1. The summed E-state index contributed by atoms with van der Waals surface area (Å²) in [5.41, 5.74) is 4.64. The molecule has 3 N–H and O–H groups in total. The third kappa shape index (κ3) is 3.53. The van der Waals surface area contributed by atoms with Gasteiger partial charge in [-0.05, 0) is 35.9 Å². The molecule has 1 aromatic carbocycles. The van der Waals surface area contributed by atoms with Crippen LogP contribution in [0.4, 0.5) is 14.5 Å². The van der Waals surface area contributed by atoms with Gasteiger partial charge in [0.05, 0.1) is 5.02 Å². The number of nitrogens with zero attached hydrogens (tertiary/aromatic N) is 3. The van der Waals surface area contributed by atoms with Crippen molar-refractivity contribution >= 4 is 46.0 Å². The lowest BCUT2D eigenvalue weighted by molar-refractivity contribution is -0.128. The molecule has 1 aromatic heterocycles. The van der Waals surface area contributed by atoms with Crippen molar-refractivity contribution < 1.29 is 18.4 Å². The topological polar surface area (TPSA) is 101 Å². The highest BCUT2D eigenvalue weighted by Gasteiger charge is 2.65. The van der Waals surface area contributed by atoms with Gasteiger partial charge in [-0.3, -0.25) is 9.59 Å². The minimum atomic E-state index is -1.80. The van der Waals surface area contributed by atoms with E-state index in [-0.39, 0.29) is 28.0 Å². The summed E-state index contributed by atoms with van der Waals surface area (Å²) >= 11 is 6.78. The Morgan fingerprint density at radius 1 is 1.28 bits per heavy atom. The smallest absolute Gasteiger partial charge is 0.274 e. The van der Waals surface area contributed by atoms with Crippen LogP contribution in [0.2, 0.25) is 5.02 Å². The van der Waals surface area contributed by atoms with Gasteiger partial charge in [0.2, 0.25) is 5.91 Å². The van der Waals surface area contributed by atoms with E-state index in [0.717, 1.165) is 17.8 Å². The lowest BCUT2D eigenvalue weighted by Gasteiger charge is -2.35. The molecule has 4 rings (SSSR count). The monoisotopic (exact) mass is 477 g/mol. The van der Waals surface area contributed by atoms with Gasteiger partial charge < -0.3 is 16.0 Å². The number of fused-ring (bicyclic) bond motifs is 1. The Labute approximate surface area is 191 Å². The van der Waals surface area contributed by atoms with Crippen molar-refractivity contribution in [1.29, 1.82) is 0 Å². The molecule has 0 radical (unpaired) electrons. The van der Waals surface area contributed by atoms with Gasteiger partial charge >= 0.3 is 0 Å². The van der Waals surface area contributed by atoms with Gasteiger partial charge in [0.15, 0.2) is 5.17 Å². The number of carbonyl (C=O) groups is 2. The number of hydrogen-bond donors (Lipinski definition) is 2. The highest BCUT2D eigenvalue weighted by atomic mass is 35.5. The zero-order chi connectivity index (χ0) is 23.3. The molecule has 0 bridgehead atoms. The van der Waals surface area contributed by atoms with E-state index < -0.39 is 28.7 Å². The van der Waals surface area contributed by atoms with Crippen LogP contribution >= 0.6 is 23.4 Å². The SMILES string of the molecule is CN(C)C(=O)[C@]12C=C1[C@@](CF)(c1cc(NC(=O)c3ccc(Cl)cn3)ccc1F)N=C(N)S2. The highest BCUT2D eigenvalue weighted by Crippen LogP contribution is 2.61. The summed E-state index contributed by atoms with van der Waals surface area (Å²) in [6, 6.07) is 6.67. The van der Waals surface area contributed by atoms with Crippen LogP contribution in [-0.2, 0) is 10.3 Å². The van der Waals surface area contributed by atoms with Crippen LogP contribution in [-0.4, -0.2) is 52.4 Å². The molecule has 1 aliphatic carbocycles. The molecule has 2 atom stereocenters. The molecule has 0 fully saturated rings. The standard InChI is InChI=1S/C21H18ClF2N5O2S/c1-29(2)18(31)21-8-16(21)20(10-23,28-19(25)32-21)13-7-12(4-5-14(13)24)27-17(30)15-6-3-11(22)9-26-15/h3-9H,10H2,1-2H3,(H2,25,28)(H,27,30)/t20-,21+/m1/s1. The van der Waals surface area contributed by atoms with Crippen LogP contribution in [0.25, 0.3) is 0 Å². The van der Waals surface area contributed by atoms with Crippen molar-refractivity contribution in [2.24, 2.45) is 10.7 Å². The largest absolute Gasteiger partial charge is 0.378 e. The first-order valence-corrected chi connectivity index (χ1v) is 10.6. The lowest BCUT2D eigenvalue weighted by Crippen LogP contribution is -2.45. The Hall–Kier alpha value is -2.98. The fourth-order valence-electron chi connectivity index (χ4n) is 3.67. The summed E-state index contributed by atoms with van der Waals surface area (Å²) in [7, 11) is 3.14. The molecule has 0 saturated heterocycles. The Kier molecular flexibility index (Phi) is 5.46. The van der Waals surface area contributed by atoms with E-state index in [9.17, 15) is 18.4 Å². The number of carbonyl (C=O) groups excluding carboxylic acids is 2. The number of hydrogen-bond acceptors (Lipinski definition) is 6. The number of amides is 2. The van der Waals surface area contributed by atoms with E-state index in [4.69, 9.17) is 17.3 Å². The maximum absolute atomic E-state index is 14.9. The molecular weight excluding hydrogens is 460 g/mol. The minimum absolute atomic E-state index is 0.0328. The number of anilines is 1. The summed E-state index contributed by atoms with van der Waals surface area (Å²) in [5.74, 6) is -1.61. The number of halogens is 3. The zero-order valence-electron chi connectivity index (χ0n) is 17.0. The highest BCUT2D eigenvalue weighted by molar-refractivity contribution is 8.16. The van der Waals surface area contributed by atoms with Crippen LogP contribution < -0.4 is 11.1 Å². The van der Waals surface area contributed by atoms with Crippen molar-refractivity contribution in [3.8, 4) is 0 Å². The zero-order valence-corrected chi connectivity index (χ0v) is 18.6. The average Bonchev–Trinajstić information content (AvgIpc) is 3.50. The first-order valence-electron chi connectivity index (χ1n) is 9.42. The van der Waals surface area contributed by atoms with Gasteiger partial charge in [0, 0.05) is 31.5 Å². The van der Waals surface area contributed by atoms with Crippen LogP contribution in [0.15, 0.2) is 53.2 Å². The molecule has 7 nitrogen and oxygen atoms in total. The van der Waals surface area contributed by atoms with E-state index in [1.54, 1.807) is 20.2 Å². The molecule has 1 aliphatic heterocycles. The van der Waals surface area contributed by atoms with Gasteiger partial charge in [-0.15, -0.1) is 0 Å². The number of nitrogens with two attached hydrogens (primary N) is 1. The maximum atomic E-state index is 14.9. The van der Waals surface area contributed by atoms with Crippen LogP contribution in [0.1, 0.15) is 16.1 Å². The van der Waals surface area contributed by atoms with E-state index in [1.807, 2.05) is 0 Å². The van der Waals surface area contributed by atoms with E-state index in [2.05, 4.69) is 15.3 Å². The van der Waals surface area contributed by atoms with Gasteiger partial charge in [-0.1, -0.05) is 29.4 Å². The number of aromatic nitrogens is 1. The molecule has 166 valence electrons. The minimum Gasteiger partial charge on any atom is -0.378 e. The molecule has 2 amide bonds. The number of rotatable bonds is 5. The van der Waals surface area contributed by atoms with Crippen LogP contribution in [0, 0.1) is 5.82 Å². The molecular formula is C21H18ClF2N5O2S. The number of alkyl halides is 1. The molecule has 0 saturated carbocycles. The first kappa shape index (κ1) is 22.2. The van der Waals surface area contributed by atoms with Crippen molar-refractivity contribution in [2.45, 2.75) is 10.3 Å². The normalized spacial score (nSPS) is 23.5. The molecule has 0 unspecified atom stereocenters. The number of amidine groups is 1. The Morgan fingerprint density at radius 2 is 2.03 bits per heavy atom. The molecule has 11 heteroatoms. The average molecular weight is 478 g/mol. The number of thioether (sulfide) groups is 1. The Balaban J connectivity index is 1.71. The summed E-state index contributed by atoms with van der Waals surface area (Å²) in [6.45, 7) is -1.12. The summed E-state index contributed by atoms with van der Waals surface area (Å²) in [4.78, 5) is 34.8. The second-order valence-corrected chi connectivity index (χ2v) is 9.25. The summed E-state index contributed by atoms with van der Waals surface area (Å²) in [6.07, 6.45) is 2.88. The fourth-order valence-corrected chi connectivity index (χ4v) is 5.04. The van der Waals surface area contributed by atoms with Crippen molar-refractivity contribution in [1.82, 2.24) is 9.88 Å². The summed E-state index contributed by atoms with van der Waals surface area (Å²) in [5, 5.41) is 2.94. The third-order valence-corrected chi connectivity index (χ3v) is 6.58. The second-order valence-electron chi connectivity index (χ2n) is 7.55. The van der Waals surface area contributed by atoms with Gasteiger partial charge in [-0.2, -0.15) is 0 Å². The molecule has 2 heterocycles. The van der Waals surface area contributed by atoms with E-state index in [0.29, 0.717) is 10.6 Å². The van der Waals surface area contributed by atoms with Gasteiger partial charge in [-0.25, -0.2) is 18.8 Å². The van der Waals surface area contributed by atoms with E-state index in [1.165, 1.54) is 35.4 Å². The molecule has 2 aliphatic rings. The lowest BCUT2D eigenvalue weighted by atomic mass is 9.85. The third-order valence-electron chi connectivity index (χ3n) is 5.22. The number of benzene rings is 1. The second kappa shape index (κ2) is 7.86. The van der Waals surface area contributed by atoms with E-state index >= 15 is 0 Å². The van der Waals surface area contributed by atoms with Crippen molar-refractivity contribution in [3.63, 3.8) is 0 Å². The number of nitrogens with one attached hydrogen (secondary N) is 1. The Morgan fingerprint density at radius 3 is 2.66 bits per heavy atom. The van der Waals surface area contributed by atoms with Crippen molar-refractivity contribution in [3.05, 3.63) is 70.3 Å².